The number of alkyl halides is 3. The molecule has 0 aromatic carbocycles. The number of carbonyl (C=O) groups excluding carboxylic acids is 1. The second-order valence-electron chi connectivity index (χ2n) is 5.46. The molecule has 0 fully saturated rings. The number of carboxylic acid groups (broad SMARTS) is 1. The lowest BCUT2D eigenvalue weighted by atomic mass is 9.90. The van der Waals surface area contributed by atoms with E-state index >= 15 is 0 Å². The average molecular weight is 350 g/mol. The summed E-state index contributed by atoms with van der Waals surface area (Å²) in [6.45, 7) is 3.32. The Bertz CT molecular complexity index is 559. The first-order valence-electron chi connectivity index (χ1n) is 6.68. The summed E-state index contributed by atoms with van der Waals surface area (Å²) in [7, 11) is 0. The highest BCUT2D eigenvalue weighted by Gasteiger charge is 2.30. The summed E-state index contributed by atoms with van der Waals surface area (Å²) >= 11 is 1.01. The van der Waals surface area contributed by atoms with Gasteiger partial charge in [-0.15, -0.1) is 0 Å². The predicted molar refractivity (Wildman–Crippen MR) is 79.0 cm³/mol. The number of hydrogen-bond donors (Lipinski definition) is 2. The van der Waals surface area contributed by atoms with Gasteiger partial charge in [-0.25, -0.2) is 4.98 Å². The van der Waals surface area contributed by atoms with Crippen molar-refractivity contribution in [2.24, 2.45) is 5.41 Å². The standard InChI is InChI=1S/C14H17F3N2O3S/c1-13(2,12(21)22)5-6-18-10(20)8-23-11-4-3-9(7-19-11)14(15,16)17/h3-4,7H,5-6,8H2,1-2H3,(H,18,20)(H,21,22). The first-order chi connectivity index (χ1) is 10.5. The van der Waals surface area contributed by atoms with Crippen molar-refractivity contribution in [1.29, 1.82) is 0 Å². The number of hydrogen-bond acceptors (Lipinski definition) is 4. The van der Waals surface area contributed by atoms with Crippen molar-refractivity contribution in [3.05, 3.63) is 23.9 Å². The molecule has 1 aromatic heterocycles. The number of pyridine rings is 1. The Morgan fingerprint density at radius 2 is 1.96 bits per heavy atom. The third-order valence-corrected chi connectivity index (χ3v) is 4.01. The number of aromatic nitrogens is 1. The maximum absolute atomic E-state index is 12.4. The minimum atomic E-state index is -4.44. The van der Waals surface area contributed by atoms with E-state index < -0.39 is 23.1 Å². The second-order valence-corrected chi connectivity index (χ2v) is 6.46. The number of thioether (sulfide) groups is 1. The van der Waals surface area contributed by atoms with Gasteiger partial charge in [-0.05, 0) is 32.4 Å². The lowest BCUT2D eigenvalue weighted by molar-refractivity contribution is -0.147. The number of carboxylic acids is 1. The Morgan fingerprint density at radius 3 is 2.43 bits per heavy atom. The smallest absolute Gasteiger partial charge is 0.417 e. The van der Waals surface area contributed by atoms with Gasteiger partial charge in [-0.1, -0.05) is 11.8 Å². The van der Waals surface area contributed by atoms with Crippen LogP contribution in [0, 0.1) is 5.41 Å². The van der Waals surface area contributed by atoms with Crippen LogP contribution in [0.3, 0.4) is 0 Å². The van der Waals surface area contributed by atoms with Crippen molar-refractivity contribution < 1.29 is 27.9 Å². The van der Waals surface area contributed by atoms with Crippen molar-refractivity contribution in [3.63, 3.8) is 0 Å². The largest absolute Gasteiger partial charge is 0.481 e. The van der Waals surface area contributed by atoms with Crippen LogP contribution in [0.1, 0.15) is 25.8 Å². The molecule has 0 radical (unpaired) electrons. The number of carbonyl (C=O) groups is 2. The molecule has 9 heteroatoms. The Kier molecular flexibility index (Phi) is 6.43. The summed E-state index contributed by atoms with van der Waals surface area (Å²) in [6.07, 6.45) is -3.45. The van der Waals surface area contributed by atoms with Crippen LogP contribution in [0.5, 0.6) is 0 Å². The molecule has 0 aliphatic heterocycles. The zero-order chi connectivity index (χ0) is 17.7. The molecule has 2 N–H and O–H groups in total. The van der Waals surface area contributed by atoms with Crippen molar-refractivity contribution in [1.82, 2.24) is 10.3 Å². The van der Waals surface area contributed by atoms with Crippen LogP contribution in [0.4, 0.5) is 13.2 Å². The Morgan fingerprint density at radius 1 is 1.30 bits per heavy atom. The lowest BCUT2D eigenvalue weighted by Crippen LogP contribution is -2.32. The average Bonchev–Trinajstić information content (AvgIpc) is 2.44. The molecule has 1 amide bonds. The van der Waals surface area contributed by atoms with Gasteiger partial charge >= 0.3 is 12.1 Å². The number of amides is 1. The van der Waals surface area contributed by atoms with Crippen molar-refractivity contribution in [2.75, 3.05) is 12.3 Å². The van der Waals surface area contributed by atoms with E-state index in [4.69, 9.17) is 5.11 Å². The van der Waals surface area contributed by atoms with Gasteiger partial charge in [0.2, 0.25) is 5.91 Å². The normalized spacial score (nSPS) is 12.0. The third-order valence-electron chi connectivity index (χ3n) is 3.07. The maximum Gasteiger partial charge on any atom is 0.417 e. The van der Waals surface area contributed by atoms with E-state index in [1.165, 1.54) is 6.07 Å². The van der Waals surface area contributed by atoms with E-state index in [2.05, 4.69) is 10.3 Å². The molecule has 1 heterocycles. The number of halogens is 3. The molecule has 0 aliphatic carbocycles. The highest BCUT2D eigenvalue weighted by molar-refractivity contribution is 7.99. The van der Waals surface area contributed by atoms with Crippen LogP contribution < -0.4 is 5.32 Å². The quantitative estimate of drug-likeness (QED) is 0.739. The van der Waals surface area contributed by atoms with Gasteiger partial charge in [-0.3, -0.25) is 9.59 Å². The predicted octanol–water partition coefficient (Wildman–Crippen LogP) is 2.81. The molecule has 0 bridgehead atoms. The first kappa shape index (κ1) is 19.3. The van der Waals surface area contributed by atoms with Crippen LogP contribution in [0.2, 0.25) is 0 Å². The van der Waals surface area contributed by atoms with Gasteiger partial charge in [0.25, 0.3) is 0 Å². The molecule has 0 spiro atoms. The molecule has 1 rings (SSSR count). The minimum Gasteiger partial charge on any atom is -0.481 e. The summed E-state index contributed by atoms with van der Waals surface area (Å²) < 4.78 is 37.1. The molecule has 0 saturated carbocycles. The summed E-state index contributed by atoms with van der Waals surface area (Å²) in [6, 6.07) is 2.11. The number of aliphatic carboxylic acids is 1. The van der Waals surface area contributed by atoms with Crippen LogP contribution in [-0.2, 0) is 15.8 Å². The highest BCUT2D eigenvalue weighted by Crippen LogP contribution is 2.29. The lowest BCUT2D eigenvalue weighted by Gasteiger charge is -2.18. The van der Waals surface area contributed by atoms with Gasteiger partial charge < -0.3 is 10.4 Å². The van der Waals surface area contributed by atoms with E-state index in [9.17, 15) is 22.8 Å². The van der Waals surface area contributed by atoms with Crippen molar-refractivity contribution in [3.8, 4) is 0 Å². The molecule has 23 heavy (non-hydrogen) atoms. The van der Waals surface area contributed by atoms with Crippen molar-refractivity contribution >= 4 is 23.6 Å². The van der Waals surface area contributed by atoms with E-state index in [0.29, 0.717) is 5.03 Å². The third kappa shape index (κ3) is 6.47. The summed E-state index contributed by atoms with van der Waals surface area (Å²) in [5.74, 6) is -1.29. The maximum atomic E-state index is 12.4. The van der Waals surface area contributed by atoms with Gasteiger partial charge in [-0.2, -0.15) is 13.2 Å². The van der Waals surface area contributed by atoms with E-state index in [-0.39, 0.29) is 24.6 Å². The minimum absolute atomic E-state index is 0.00807. The summed E-state index contributed by atoms with van der Waals surface area (Å²) in [5.41, 5.74) is -1.78. The molecule has 128 valence electrons. The molecule has 0 unspecified atom stereocenters. The zero-order valence-electron chi connectivity index (χ0n) is 12.6. The fraction of sp³-hybridized carbons (Fsp3) is 0.500. The van der Waals surface area contributed by atoms with Crippen LogP contribution in [0.25, 0.3) is 0 Å². The monoisotopic (exact) mass is 350 g/mol. The molecule has 5 nitrogen and oxygen atoms in total. The van der Waals surface area contributed by atoms with Crippen LogP contribution in [0.15, 0.2) is 23.4 Å². The van der Waals surface area contributed by atoms with Crippen molar-refractivity contribution in [2.45, 2.75) is 31.5 Å². The van der Waals surface area contributed by atoms with Gasteiger partial charge in [0.15, 0.2) is 0 Å². The number of nitrogens with one attached hydrogen (secondary N) is 1. The SMILES string of the molecule is CC(C)(CCNC(=O)CSc1ccc(C(F)(F)F)cn1)C(=O)O. The Labute approximate surface area is 135 Å². The topological polar surface area (TPSA) is 79.3 Å². The second kappa shape index (κ2) is 7.67. The molecule has 0 atom stereocenters. The summed E-state index contributed by atoms with van der Waals surface area (Å²) in [4.78, 5) is 26.2. The number of rotatable bonds is 7. The fourth-order valence-corrected chi connectivity index (χ4v) is 2.12. The molecule has 1 aromatic rings. The van der Waals surface area contributed by atoms with Gasteiger partial charge in [0.05, 0.1) is 21.8 Å². The van der Waals surface area contributed by atoms with E-state index in [1.807, 2.05) is 0 Å². The highest BCUT2D eigenvalue weighted by atomic mass is 32.2. The molecule has 0 saturated heterocycles. The van der Waals surface area contributed by atoms with Gasteiger partial charge in [0, 0.05) is 12.7 Å². The molecular weight excluding hydrogens is 333 g/mol. The molecule has 0 aliphatic rings. The Hall–Kier alpha value is -1.77. The van der Waals surface area contributed by atoms with Gasteiger partial charge in [0.1, 0.15) is 0 Å². The van der Waals surface area contributed by atoms with Crippen LogP contribution in [-0.4, -0.2) is 34.3 Å². The Balaban J connectivity index is 2.38. The van der Waals surface area contributed by atoms with Crippen LogP contribution >= 0.6 is 11.8 Å². The fourth-order valence-electron chi connectivity index (χ4n) is 1.45. The first-order valence-corrected chi connectivity index (χ1v) is 7.67. The van der Waals surface area contributed by atoms with E-state index in [1.54, 1.807) is 13.8 Å². The zero-order valence-corrected chi connectivity index (χ0v) is 13.4. The van der Waals surface area contributed by atoms with E-state index in [0.717, 1.165) is 24.0 Å². The molecular formula is C14H17F3N2O3S. The number of nitrogens with zero attached hydrogens (tertiary/aromatic N) is 1. The summed E-state index contributed by atoms with van der Waals surface area (Å²) in [5, 5.41) is 11.8.